The molecule has 0 bridgehead atoms. The Kier molecular flexibility index (Phi) is 10.9. The van der Waals surface area contributed by atoms with Crippen molar-refractivity contribution < 1.29 is 4.74 Å². The number of ether oxygens (including phenoxy) is 1. The van der Waals surface area contributed by atoms with Crippen LogP contribution in [0, 0.1) is 5.92 Å². The first-order valence-electron chi connectivity index (χ1n) is 9.05. The first-order chi connectivity index (χ1) is 11.7. The predicted molar refractivity (Wildman–Crippen MR) is 116 cm³/mol. The molecule has 1 aliphatic rings. The third-order valence-electron chi connectivity index (χ3n) is 4.58. The van der Waals surface area contributed by atoms with E-state index in [4.69, 9.17) is 4.74 Å². The first kappa shape index (κ1) is 22.0. The third kappa shape index (κ3) is 8.27. The van der Waals surface area contributed by atoms with Gasteiger partial charge in [0.1, 0.15) is 5.75 Å². The minimum Gasteiger partial charge on any atom is -0.497 e. The Balaban J connectivity index is 0.00000312. The third-order valence-corrected chi connectivity index (χ3v) is 4.58. The Hall–Kier alpha value is -1.02. The van der Waals surface area contributed by atoms with Crippen molar-refractivity contribution >= 4 is 29.9 Å². The molecule has 1 aromatic carbocycles. The molecule has 0 unspecified atom stereocenters. The van der Waals surface area contributed by atoms with E-state index in [1.165, 1.54) is 32.4 Å². The van der Waals surface area contributed by atoms with E-state index in [1.54, 1.807) is 7.11 Å². The molecule has 5 nitrogen and oxygen atoms in total. The van der Waals surface area contributed by atoms with Crippen LogP contribution in [0.1, 0.15) is 31.7 Å². The summed E-state index contributed by atoms with van der Waals surface area (Å²) in [6.45, 7) is 7.07. The van der Waals surface area contributed by atoms with Gasteiger partial charge in [-0.25, -0.2) is 4.99 Å². The van der Waals surface area contributed by atoms with Crippen LogP contribution >= 0.6 is 24.0 Å². The molecule has 1 saturated heterocycles. The highest BCUT2D eigenvalue weighted by Gasteiger charge is 2.16. The minimum absolute atomic E-state index is 0. The number of piperidine rings is 1. The number of methoxy groups -OCH3 is 1. The molecule has 25 heavy (non-hydrogen) atoms. The van der Waals surface area contributed by atoms with Crippen molar-refractivity contribution in [2.24, 2.45) is 10.9 Å². The van der Waals surface area contributed by atoms with Crippen molar-refractivity contribution in [3.63, 3.8) is 0 Å². The highest BCUT2D eigenvalue weighted by Crippen LogP contribution is 2.18. The van der Waals surface area contributed by atoms with E-state index >= 15 is 0 Å². The number of hydrogen-bond donors (Lipinski definition) is 2. The average molecular weight is 460 g/mol. The summed E-state index contributed by atoms with van der Waals surface area (Å²) in [6.07, 6.45) is 3.85. The van der Waals surface area contributed by atoms with Gasteiger partial charge in [0.15, 0.2) is 5.96 Å². The molecule has 0 spiro atoms. The van der Waals surface area contributed by atoms with E-state index in [0.29, 0.717) is 6.54 Å². The maximum Gasteiger partial charge on any atom is 0.191 e. The van der Waals surface area contributed by atoms with Crippen LogP contribution < -0.4 is 15.4 Å². The van der Waals surface area contributed by atoms with E-state index in [0.717, 1.165) is 36.3 Å². The summed E-state index contributed by atoms with van der Waals surface area (Å²) in [6, 6.07) is 8.07. The fraction of sp³-hybridized carbons (Fsp3) is 0.632. The number of nitrogens with one attached hydrogen (secondary N) is 2. The standard InChI is InChI=1S/C19H32N4O.HI/c1-4-20-19(21-11-8-16-9-12-23(2)13-10-16)22-15-17-6-5-7-18(14-17)24-3;/h5-7,14,16H,4,8-13,15H2,1-3H3,(H2,20,21,22);1H. The highest BCUT2D eigenvalue weighted by molar-refractivity contribution is 14.0. The number of likely N-dealkylation sites (tertiary alicyclic amines) is 1. The molecular formula is C19H33IN4O. The van der Waals surface area contributed by atoms with Crippen LogP contribution in [0.3, 0.4) is 0 Å². The van der Waals surface area contributed by atoms with Crippen molar-refractivity contribution in [3.05, 3.63) is 29.8 Å². The Morgan fingerprint density at radius 1 is 1.28 bits per heavy atom. The zero-order valence-electron chi connectivity index (χ0n) is 15.8. The Labute approximate surface area is 169 Å². The zero-order chi connectivity index (χ0) is 17.2. The molecule has 1 heterocycles. The van der Waals surface area contributed by atoms with Gasteiger partial charge in [-0.1, -0.05) is 12.1 Å². The normalized spacial score (nSPS) is 16.2. The van der Waals surface area contributed by atoms with Gasteiger partial charge in [-0.15, -0.1) is 24.0 Å². The molecule has 0 radical (unpaired) electrons. The summed E-state index contributed by atoms with van der Waals surface area (Å²) in [4.78, 5) is 7.10. The zero-order valence-corrected chi connectivity index (χ0v) is 18.1. The van der Waals surface area contributed by atoms with Crippen LogP contribution in [0.2, 0.25) is 0 Å². The van der Waals surface area contributed by atoms with Crippen LogP contribution in [0.15, 0.2) is 29.3 Å². The number of rotatable bonds is 7. The van der Waals surface area contributed by atoms with E-state index in [1.807, 2.05) is 18.2 Å². The summed E-state index contributed by atoms with van der Waals surface area (Å²) < 4.78 is 5.27. The Morgan fingerprint density at radius 2 is 2.04 bits per heavy atom. The lowest BCUT2D eigenvalue weighted by atomic mass is 9.94. The van der Waals surface area contributed by atoms with E-state index in [9.17, 15) is 0 Å². The number of guanidine groups is 1. The molecule has 0 atom stereocenters. The SMILES string of the molecule is CCNC(=NCc1cccc(OC)c1)NCCC1CCN(C)CC1.I. The molecule has 1 aromatic rings. The second kappa shape index (κ2) is 12.4. The predicted octanol–water partition coefficient (Wildman–Crippen LogP) is 3.10. The van der Waals surface area contributed by atoms with Crippen LogP contribution in [0.25, 0.3) is 0 Å². The number of nitrogens with zero attached hydrogens (tertiary/aromatic N) is 2. The monoisotopic (exact) mass is 460 g/mol. The largest absolute Gasteiger partial charge is 0.497 e. The summed E-state index contributed by atoms with van der Waals surface area (Å²) >= 11 is 0. The van der Waals surface area contributed by atoms with Gasteiger partial charge in [0.05, 0.1) is 13.7 Å². The van der Waals surface area contributed by atoms with Crippen molar-refractivity contribution in [3.8, 4) is 5.75 Å². The molecule has 2 N–H and O–H groups in total. The Morgan fingerprint density at radius 3 is 2.72 bits per heavy atom. The summed E-state index contributed by atoms with van der Waals surface area (Å²) in [5.41, 5.74) is 1.15. The van der Waals surface area contributed by atoms with Crippen LogP contribution in [-0.2, 0) is 6.54 Å². The molecular weight excluding hydrogens is 427 g/mol. The maximum absolute atomic E-state index is 5.27. The highest BCUT2D eigenvalue weighted by atomic mass is 127. The van der Waals surface area contributed by atoms with Gasteiger partial charge in [-0.05, 0) is 69.9 Å². The average Bonchev–Trinajstić information content (AvgIpc) is 2.61. The van der Waals surface area contributed by atoms with Gasteiger partial charge in [0, 0.05) is 13.1 Å². The minimum atomic E-state index is 0. The number of benzene rings is 1. The van der Waals surface area contributed by atoms with Crippen LogP contribution in [-0.4, -0.2) is 51.2 Å². The Bertz CT molecular complexity index is 516. The molecule has 0 saturated carbocycles. The quantitative estimate of drug-likeness (QED) is 0.373. The molecule has 0 aromatic heterocycles. The van der Waals surface area contributed by atoms with Gasteiger partial charge in [0.2, 0.25) is 0 Å². The molecule has 1 fully saturated rings. The van der Waals surface area contributed by atoms with E-state index < -0.39 is 0 Å². The van der Waals surface area contributed by atoms with E-state index in [2.05, 4.69) is 40.6 Å². The van der Waals surface area contributed by atoms with Crippen molar-refractivity contribution in [2.75, 3.05) is 40.3 Å². The van der Waals surface area contributed by atoms with Crippen LogP contribution in [0.4, 0.5) is 0 Å². The lowest BCUT2D eigenvalue weighted by molar-refractivity contribution is 0.213. The molecule has 2 rings (SSSR count). The fourth-order valence-corrected chi connectivity index (χ4v) is 3.03. The maximum atomic E-state index is 5.27. The molecule has 142 valence electrons. The molecule has 6 heteroatoms. The molecule has 0 aliphatic carbocycles. The number of aliphatic imine (C=N–C) groups is 1. The fourth-order valence-electron chi connectivity index (χ4n) is 3.03. The summed E-state index contributed by atoms with van der Waals surface area (Å²) in [7, 11) is 3.90. The second-order valence-electron chi connectivity index (χ2n) is 6.51. The van der Waals surface area contributed by atoms with Gasteiger partial charge in [-0.2, -0.15) is 0 Å². The van der Waals surface area contributed by atoms with Crippen molar-refractivity contribution in [2.45, 2.75) is 32.7 Å². The molecule has 1 aliphatic heterocycles. The molecule has 0 amide bonds. The summed E-state index contributed by atoms with van der Waals surface area (Å²) in [5.74, 6) is 2.62. The number of halogens is 1. The van der Waals surface area contributed by atoms with Gasteiger partial charge in [-0.3, -0.25) is 0 Å². The van der Waals surface area contributed by atoms with Crippen molar-refractivity contribution in [1.29, 1.82) is 0 Å². The number of hydrogen-bond acceptors (Lipinski definition) is 3. The van der Waals surface area contributed by atoms with E-state index in [-0.39, 0.29) is 24.0 Å². The smallest absolute Gasteiger partial charge is 0.191 e. The first-order valence-corrected chi connectivity index (χ1v) is 9.05. The van der Waals surface area contributed by atoms with Crippen molar-refractivity contribution in [1.82, 2.24) is 15.5 Å². The topological polar surface area (TPSA) is 48.9 Å². The van der Waals surface area contributed by atoms with Gasteiger partial charge >= 0.3 is 0 Å². The lowest BCUT2D eigenvalue weighted by Crippen LogP contribution is -2.39. The lowest BCUT2D eigenvalue weighted by Gasteiger charge is -2.29. The van der Waals surface area contributed by atoms with Gasteiger partial charge in [0.25, 0.3) is 0 Å². The van der Waals surface area contributed by atoms with Gasteiger partial charge < -0.3 is 20.3 Å². The second-order valence-corrected chi connectivity index (χ2v) is 6.51. The summed E-state index contributed by atoms with van der Waals surface area (Å²) in [5, 5.41) is 6.80. The van der Waals surface area contributed by atoms with Crippen LogP contribution in [0.5, 0.6) is 5.75 Å².